The molecule has 1 heterocycles. The third kappa shape index (κ3) is 3.23. The van der Waals surface area contributed by atoms with Gasteiger partial charge in [-0.1, -0.05) is 12.1 Å². The van der Waals surface area contributed by atoms with Gasteiger partial charge in [-0.25, -0.2) is 0 Å². The lowest BCUT2D eigenvalue weighted by atomic mass is 10.1. The van der Waals surface area contributed by atoms with E-state index in [1.54, 1.807) is 6.26 Å². The topological polar surface area (TPSA) is 34.4 Å². The Hall–Kier alpha value is -1.74. The molecule has 20 heavy (non-hydrogen) atoms. The summed E-state index contributed by atoms with van der Waals surface area (Å²) in [4.78, 5) is 0. The lowest BCUT2D eigenvalue weighted by Gasteiger charge is -2.10. The number of nitrogens with one attached hydrogen (secondary N) is 1. The van der Waals surface area contributed by atoms with Gasteiger partial charge in [0, 0.05) is 11.6 Å². The van der Waals surface area contributed by atoms with Crippen molar-refractivity contribution in [3.05, 3.63) is 42.4 Å². The van der Waals surface area contributed by atoms with Crippen molar-refractivity contribution >= 4 is 0 Å². The first-order chi connectivity index (χ1) is 9.72. The van der Waals surface area contributed by atoms with E-state index in [2.05, 4.69) is 17.4 Å². The molecule has 1 fully saturated rings. The van der Waals surface area contributed by atoms with Gasteiger partial charge in [0.25, 0.3) is 0 Å². The fraction of sp³-hybridized carbons (Fsp3) is 0.412. The summed E-state index contributed by atoms with van der Waals surface area (Å²) < 4.78 is 11.3. The average Bonchev–Trinajstić information content (AvgIpc) is 3.14. The SMILES string of the molecule is CC(C)Oc1ccc(-c2ccoc2CNC2CC2)cc1. The Morgan fingerprint density at radius 2 is 1.95 bits per heavy atom. The summed E-state index contributed by atoms with van der Waals surface area (Å²) >= 11 is 0. The molecule has 1 aromatic heterocycles. The molecule has 0 atom stereocenters. The maximum atomic E-state index is 5.67. The predicted octanol–water partition coefficient (Wildman–Crippen LogP) is 3.99. The van der Waals surface area contributed by atoms with Crippen molar-refractivity contribution in [1.82, 2.24) is 5.32 Å². The largest absolute Gasteiger partial charge is 0.491 e. The molecular formula is C17H21NO2. The van der Waals surface area contributed by atoms with Gasteiger partial charge < -0.3 is 14.5 Å². The van der Waals surface area contributed by atoms with E-state index in [0.717, 1.165) is 23.6 Å². The van der Waals surface area contributed by atoms with E-state index in [1.807, 2.05) is 32.0 Å². The monoisotopic (exact) mass is 271 g/mol. The molecule has 1 aliphatic rings. The van der Waals surface area contributed by atoms with Gasteiger partial charge in [-0.05, 0) is 50.5 Å². The second-order valence-corrected chi connectivity index (χ2v) is 5.60. The van der Waals surface area contributed by atoms with Gasteiger partial charge in [0.05, 0.1) is 18.9 Å². The van der Waals surface area contributed by atoms with E-state index < -0.39 is 0 Å². The van der Waals surface area contributed by atoms with Crippen LogP contribution in [0.15, 0.2) is 41.0 Å². The van der Waals surface area contributed by atoms with Gasteiger partial charge in [-0.3, -0.25) is 0 Å². The van der Waals surface area contributed by atoms with Crippen molar-refractivity contribution in [2.75, 3.05) is 0 Å². The van der Waals surface area contributed by atoms with Crippen LogP contribution in [0.3, 0.4) is 0 Å². The Balaban J connectivity index is 1.72. The molecule has 106 valence electrons. The van der Waals surface area contributed by atoms with Crippen LogP contribution in [0.2, 0.25) is 0 Å². The number of hydrogen-bond donors (Lipinski definition) is 1. The Morgan fingerprint density at radius 1 is 1.20 bits per heavy atom. The zero-order chi connectivity index (χ0) is 13.9. The lowest BCUT2D eigenvalue weighted by molar-refractivity contribution is 0.242. The predicted molar refractivity (Wildman–Crippen MR) is 79.8 cm³/mol. The van der Waals surface area contributed by atoms with Crippen LogP contribution in [0.1, 0.15) is 32.4 Å². The van der Waals surface area contributed by atoms with Crippen LogP contribution in [-0.2, 0) is 6.54 Å². The summed E-state index contributed by atoms with van der Waals surface area (Å²) in [6.45, 7) is 4.87. The minimum absolute atomic E-state index is 0.202. The molecule has 3 heteroatoms. The molecule has 1 saturated carbocycles. The van der Waals surface area contributed by atoms with Gasteiger partial charge >= 0.3 is 0 Å². The van der Waals surface area contributed by atoms with Crippen LogP contribution in [0, 0.1) is 0 Å². The van der Waals surface area contributed by atoms with Gasteiger partial charge in [0.1, 0.15) is 11.5 Å². The molecule has 0 bridgehead atoms. The maximum absolute atomic E-state index is 5.67. The second-order valence-electron chi connectivity index (χ2n) is 5.60. The summed E-state index contributed by atoms with van der Waals surface area (Å²) in [5.74, 6) is 1.92. The normalized spacial score (nSPS) is 14.8. The Labute approximate surface area is 119 Å². The molecule has 0 amide bonds. The Morgan fingerprint density at radius 3 is 2.60 bits per heavy atom. The fourth-order valence-electron chi connectivity index (χ4n) is 2.24. The quantitative estimate of drug-likeness (QED) is 0.862. The highest BCUT2D eigenvalue weighted by atomic mass is 16.5. The number of benzene rings is 1. The van der Waals surface area contributed by atoms with Crippen LogP contribution >= 0.6 is 0 Å². The van der Waals surface area contributed by atoms with E-state index in [0.29, 0.717) is 6.04 Å². The van der Waals surface area contributed by atoms with Gasteiger partial charge in [0.2, 0.25) is 0 Å². The van der Waals surface area contributed by atoms with Gasteiger partial charge in [-0.2, -0.15) is 0 Å². The van der Waals surface area contributed by atoms with E-state index in [-0.39, 0.29) is 6.10 Å². The summed E-state index contributed by atoms with van der Waals surface area (Å²) in [6, 6.07) is 10.9. The molecule has 3 rings (SSSR count). The van der Waals surface area contributed by atoms with Crippen LogP contribution in [-0.4, -0.2) is 12.1 Å². The molecule has 0 spiro atoms. The Bertz CT molecular complexity index is 553. The highest BCUT2D eigenvalue weighted by molar-refractivity contribution is 5.66. The molecule has 1 aromatic carbocycles. The minimum Gasteiger partial charge on any atom is -0.491 e. The van der Waals surface area contributed by atoms with E-state index in [1.165, 1.54) is 18.4 Å². The standard InChI is InChI=1S/C17H21NO2/c1-12(2)20-15-7-3-13(4-8-15)16-9-10-19-17(16)11-18-14-5-6-14/h3-4,7-10,12,14,18H,5-6,11H2,1-2H3. The first-order valence-corrected chi connectivity index (χ1v) is 7.29. The highest BCUT2D eigenvalue weighted by Crippen LogP contribution is 2.28. The zero-order valence-electron chi connectivity index (χ0n) is 12.1. The average molecular weight is 271 g/mol. The number of rotatable bonds is 6. The third-order valence-electron chi connectivity index (χ3n) is 3.41. The van der Waals surface area contributed by atoms with Crippen LogP contribution in [0.25, 0.3) is 11.1 Å². The minimum atomic E-state index is 0.202. The molecule has 0 radical (unpaired) electrons. The molecule has 0 unspecified atom stereocenters. The summed E-state index contributed by atoms with van der Waals surface area (Å²) in [5, 5.41) is 3.49. The smallest absolute Gasteiger partial charge is 0.125 e. The van der Waals surface area contributed by atoms with Crippen molar-refractivity contribution in [2.24, 2.45) is 0 Å². The summed E-state index contributed by atoms with van der Waals surface area (Å²) in [7, 11) is 0. The van der Waals surface area contributed by atoms with Crippen molar-refractivity contribution in [1.29, 1.82) is 0 Å². The van der Waals surface area contributed by atoms with E-state index >= 15 is 0 Å². The molecule has 2 aromatic rings. The lowest BCUT2D eigenvalue weighted by Crippen LogP contribution is -2.15. The second kappa shape index (κ2) is 5.71. The number of hydrogen-bond acceptors (Lipinski definition) is 3. The van der Waals surface area contributed by atoms with E-state index in [9.17, 15) is 0 Å². The van der Waals surface area contributed by atoms with Crippen molar-refractivity contribution in [3.8, 4) is 16.9 Å². The first kappa shape index (κ1) is 13.3. The highest BCUT2D eigenvalue weighted by Gasteiger charge is 2.21. The van der Waals surface area contributed by atoms with Gasteiger partial charge in [0.15, 0.2) is 0 Å². The summed E-state index contributed by atoms with van der Waals surface area (Å²) in [6.07, 6.45) is 4.54. The third-order valence-corrected chi connectivity index (χ3v) is 3.41. The summed E-state index contributed by atoms with van der Waals surface area (Å²) in [5.41, 5.74) is 2.33. The Kier molecular flexibility index (Phi) is 3.79. The molecule has 0 aliphatic heterocycles. The van der Waals surface area contributed by atoms with Crippen molar-refractivity contribution < 1.29 is 9.15 Å². The molecular weight excluding hydrogens is 250 g/mol. The first-order valence-electron chi connectivity index (χ1n) is 7.29. The van der Waals surface area contributed by atoms with E-state index in [4.69, 9.17) is 9.15 Å². The van der Waals surface area contributed by atoms with Crippen molar-refractivity contribution in [2.45, 2.75) is 45.4 Å². The van der Waals surface area contributed by atoms with Gasteiger partial charge in [-0.15, -0.1) is 0 Å². The van der Waals surface area contributed by atoms with Crippen LogP contribution in [0.4, 0.5) is 0 Å². The fourth-order valence-corrected chi connectivity index (χ4v) is 2.24. The molecule has 3 nitrogen and oxygen atoms in total. The zero-order valence-corrected chi connectivity index (χ0v) is 12.1. The maximum Gasteiger partial charge on any atom is 0.125 e. The van der Waals surface area contributed by atoms with Crippen LogP contribution < -0.4 is 10.1 Å². The van der Waals surface area contributed by atoms with Crippen LogP contribution in [0.5, 0.6) is 5.75 Å². The molecule has 0 saturated heterocycles. The van der Waals surface area contributed by atoms with Crippen molar-refractivity contribution in [3.63, 3.8) is 0 Å². The number of furan rings is 1. The molecule has 1 N–H and O–H groups in total. The molecule has 1 aliphatic carbocycles. The number of ether oxygens (including phenoxy) is 1.